The van der Waals surface area contributed by atoms with Crippen molar-refractivity contribution in [3.8, 4) is 0 Å². The van der Waals surface area contributed by atoms with Gasteiger partial charge in [-0.3, -0.25) is 4.79 Å². The number of anilines is 1. The Kier molecular flexibility index (Phi) is 5.06. The highest BCUT2D eigenvalue weighted by atomic mass is 35.5. The number of hydrogen-bond acceptors (Lipinski definition) is 3. The van der Waals surface area contributed by atoms with Crippen LogP contribution >= 0.6 is 24.0 Å². The lowest BCUT2D eigenvalue weighted by molar-refractivity contribution is 0.112. The van der Waals surface area contributed by atoms with E-state index in [4.69, 9.17) is 11.6 Å². The number of nitrogens with zero attached hydrogens (tertiary/aromatic N) is 1. The molecule has 0 aliphatic carbocycles. The molecule has 0 aromatic heterocycles. The van der Waals surface area contributed by atoms with E-state index in [9.17, 15) is 4.79 Å². The summed E-state index contributed by atoms with van der Waals surface area (Å²) < 4.78 is 0. The van der Waals surface area contributed by atoms with Crippen molar-refractivity contribution in [2.45, 2.75) is 0 Å². The molecule has 0 amide bonds. The van der Waals surface area contributed by atoms with E-state index in [-0.39, 0.29) is 12.4 Å². The van der Waals surface area contributed by atoms with Gasteiger partial charge in [-0.2, -0.15) is 0 Å². The van der Waals surface area contributed by atoms with Gasteiger partial charge in [-0.05, 0) is 12.1 Å². The molecule has 0 saturated carbocycles. The fraction of sp³-hybridized carbons (Fsp3) is 0.364. The van der Waals surface area contributed by atoms with Crippen molar-refractivity contribution in [3.05, 3.63) is 28.8 Å². The van der Waals surface area contributed by atoms with Crippen LogP contribution in [0.15, 0.2) is 18.2 Å². The summed E-state index contributed by atoms with van der Waals surface area (Å²) in [5.74, 6) is 0. The third-order valence-corrected chi connectivity index (χ3v) is 2.94. The Morgan fingerprint density at radius 2 is 2.00 bits per heavy atom. The quantitative estimate of drug-likeness (QED) is 0.826. The summed E-state index contributed by atoms with van der Waals surface area (Å²) in [6.45, 7) is 3.73. The second-order valence-corrected chi connectivity index (χ2v) is 3.93. The molecular weight excluding hydrogens is 247 g/mol. The van der Waals surface area contributed by atoms with Gasteiger partial charge in [-0.25, -0.2) is 0 Å². The summed E-state index contributed by atoms with van der Waals surface area (Å²) in [5, 5.41) is 3.80. The minimum Gasteiger partial charge on any atom is -0.368 e. The first-order valence-electron chi connectivity index (χ1n) is 5.02. The Balaban J connectivity index is 0.00000128. The maximum absolute atomic E-state index is 11.0. The maximum atomic E-state index is 11.0. The fourth-order valence-corrected chi connectivity index (χ4v) is 2.04. The number of halogens is 2. The van der Waals surface area contributed by atoms with Gasteiger partial charge in [0.15, 0.2) is 6.29 Å². The average Bonchev–Trinajstić information content (AvgIpc) is 2.30. The molecule has 0 spiro atoms. The Morgan fingerprint density at radius 1 is 1.31 bits per heavy atom. The second kappa shape index (κ2) is 6.09. The largest absolute Gasteiger partial charge is 0.368 e. The summed E-state index contributed by atoms with van der Waals surface area (Å²) in [4.78, 5) is 13.2. The molecule has 3 nitrogen and oxygen atoms in total. The summed E-state index contributed by atoms with van der Waals surface area (Å²) in [5.41, 5.74) is 1.54. The van der Waals surface area contributed by atoms with Gasteiger partial charge in [0.2, 0.25) is 0 Å². The molecule has 1 saturated heterocycles. The normalized spacial score (nSPS) is 15.4. The number of rotatable bonds is 2. The first-order chi connectivity index (χ1) is 7.33. The molecule has 1 N–H and O–H groups in total. The summed E-state index contributed by atoms with van der Waals surface area (Å²) >= 11 is 5.98. The molecule has 2 rings (SSSR count). The van der Waals surface area contributed by atoms with Crippen LogP contribution in [0.4, 0.5) is 5.69 Å². The molecule has 0 atom stereocenters. The number of nitrogens with one attached hydrogen (secondary N) is 1. The van der Waals surface area contributed by atoms with Gasteiger partial charge in [-0.1, -0.05) is 17.7 Å². The van der Waals surface area contributed by atoms with Gasteiger partial charge >= 0.3 is 0 Å². The van der Waals surface area contributed by atoms with Gasteiger partial charge in [0, 0.05) is 31.9 Å². The van der Waals surface area contributed by atoms with Crippen molar-refractivity contribution in [2.75, 3.05) is 31.1 Å². The number of hydrogen-bond donors (Lipinski definition) is 1. The van der Waals surface area contributed by atoms with Crippen molar-refractivity contribution in [1.82, 2.24) is 5.32 Å². The molecule has 1 aromatic rings. The number of benzene rings is 1. The molecular formula is C11H14Cl2N2O. The molecule has 5 heteroatoms. The minimum atomic E-state index is 0. The predicted molar refractivity (Wildman–Crippen MR) is 69.2 cm³/mol. The van der Waals surface area contributed by atoms with Crippen molar-refractivity contribution >= 4 is 36.0 Å². The molecule has 16 heavy (non-hydrogen) atoms. The van der Waals surface area contributed by atoms with Crippen molar-refractivity contribution in [3.63, 3.8) is 0 Å². The minimum absolute atomic E-state index is 0. The van der Waals surface area contributed by atoms with Gasteiger partial charge < -0.3 is 10.2 Å². The lowest BCUT2D eigenvalue weighted by Crippen LogP contribution is -2.43. The zero-order valence-corrected chi connectivity index (χ0v) is 10.4. The predicted octanol–water partition coefficient (Wildman–Crippen LogP) is 1.98. The van der Waals surface area contributed by atoms with E-state index in [0.717, 1.165) is 38.2 Å². The van der Waals surface area contributed by atoms with Gasteiger partial charge in [0.1, 0.15) is 0 Å². The summed E-state index contributed by atoms with van der Waals surface area (Å²) in [7, 11) is 0. The molecule has 0 radical (unpaired) electrons. The van der Waals surface area contributed by atoms with Gasteiger partial charge in [0.25, 0.3) is 0 Å². The second-order valence-electron chi connectivity index (χ2n) is 3.53. The first-order valence-corrected chi connectivity index (χ1v) is 5.40. The number of piperazine rings is 1. The highest BCUT2D eigenvalue weighted by Crippen LogP contribution is 2.25. The van der Waals surface area contributed by atoms with Crippen LogP contribution in [0.1, 0.15) is 10.4 Å². The summed E-state index contributed by atoms with van der Waals surface area (Å²) in [6, 6.07) is 5.57. The van der Waals surface area contributed by atoms with E-state index < -0.39 is 0 Å². The molecule has 1 aliphatic rings. The lowest BCUT2D eigenvalue weighted by Gasteiger charge is -2.30. The van der Waals surface area contributed by atoms with E-state index >= 15 is 0 Å². The topological polar surface area (TPSA) is 32.3 Å². The Bertz CT molecular complexity index is 365. The van der Waals surface area contributed by atoms with Crippen LogP contribution in [0, 0.1) is 0 Å². The molecule has 1 aromatic carbocycles. The van der Waals surface area contributed by atoms with Crippen LogP contribution in [0.5, 0.6) is 0 Å². The van der Waals surface area contributed by atoms with Crippen LogP contribution in [0.25, 0.3) is 0 Å². The standard InChI is InChI=1S/C11H13ClN2O.ClH/c12-10-2-1-3-11(9(10)8-15)14-6-4-13-5-7-14;/h1-3,8,13H,4-7H2;1H. The highest BCUT2D eigenvalue weighted by Gasteiger charge is 2.15. The maximum Gasteiger partial charge on any atom is 0.153 e. The van der Waals surface area contributed by atoms with Crippen LogP contribution in [-0.4, -0.2) is 32.5 Å². The number of aldehydes is 1. The zero-order valence-electron chi connectivity index (χ0n) is 8.78. The first kappa shape index (κ1) is 13.3. The fourth-order valence-electron chi connectivity index (χ4n) is 1.82. The van der Waals surface area contributed by atoms with Crippen molar-refractivity contribution in [1.29, 1.82) is 0 Å². The van der Waals surface area contributed by atoms with Crippen molar-refractivity contribution in [2.24, 2.45) is 0 Å². The Morgan fingerprint density at radius 3 is 2.62 bits per heavy atom. The highest BCUT2D eigenvalue weighted by molar-refractivity contribution is 6.33. The Hall–Kier alpha value is -0.770. The van der Waals surface area contributed by atoms with Gasteiger partial charge in [-0.15, -0.1) is 12.4 Å². The molecule has 1 aliphatic heterocycles. The van der Waals surface area contributed by atoms with E-state index in [0.29, 0.717) is 10.6 Å². The monoisotopic (exact) mass is 260 g/mol. The number of carbonyl (C=O) groups is 1. The molecule has 0 bridgehead atoms. The third-order valence-electron chi connectivity index (χ3n) is 2.61. The van der Waals surface area contributed by atoms with Crippen LogP contribution in [0.3, 0.4) is 0 Å². The smallest absolute Gasteiger partial charge is 0.153 e. The SMILES string of the molecule is Cl.O=Cc1c(Cl)cccc1N1CCNCC1. The third kappa shape index (κ3) is 2.67. The molecule has 0 unspecified atom stereocenters. The van der Waals surface area contributed by atoms with Crippen molar-refractivity contribution < 1.29 is 4.79 Å². The van der Waals surface area contributed by atoms with E-state index in [1.165, 1.54) is 0 Å². The summed E-state index contributed by atoms with van der Waals surface area (Å²) in [6.07, 6.45) is 0.833. The molecule has 88 valence electrons. The lowest BCUT2D eigenvalue weighted by atomic mass is 10.1. The molecule has 1 fully saturated rings. The van der Waals surface area contributed by atoms with E-state index in [2.05, 4.69) is 10.2 Å². The number of carbonyl (C=O) groups excluding carboxylic acids is 1. The average molecular weight is 261 g/mol. The molecule has 1 heterocycles. The zero-order chi connectivity index (χ0) is 10.7. The Labute approximate surface area is 106 Å². The van der Waals surface area contributed by atoms with Gasteiger partial charge in [0.05, 0.1) is 10.6 Å². The van der Waals surface area contributed by atoms with Crippen LogP contribution in [0.2, 0.25) is 5.02 Å². The van der Waals surface area contributed by atoms with E-state index in [1.807, 2.05) is 12.1 Å². The van der Waals surface area contributed by atoms with Crippen LogP contribution < -0.4 is 10.2 Å². The van der Waals surface area contributed by atoms with E-state index in [1.54, 1.807) is 6.07 Å². The van der Waals surface area contributed by atoms with Crippen LogP contribution in [-0.2, 0) is 0 Å².